The number of hydrogen-bond acceptors (Lipinski definition) is 4. The molecule has 1 aromatic rings. The fraction of sp³-hybridized carbons (Fsp3) is 0.143. The monoisotopic (exact) mass is 197 g/mol. The van der Waals surface area contributed by atoms with E-state index in [4.69, 9.17) is 5.11 Å². The Labute approximate surface area is 78.4 Å². The maximum absolute atomic E-state index is 10.7. The molecule has 0 amide bonds. The summed E-state index contributed by atoms with van der Waals surface area (Å²) in [5, 5.41) is 22.7. The second kappa shape index (κ2) is 3.69. The van der Waals surface area contributed by atoms with Gasteiger partial charge in [0.2, 0.25) is 5.69 Å². The molecular formula is C7H7N3O4. The molecule has 0 aliphatic carbocycles. The van der Waals surface area contributed by atoms with Gasteiger partial charge in [-0.05, 0) is 0 Å². The number of hydrogen-bond donors (Lipinski definition) is 1. The minimum atomic E-state index is -1.38. The first-order valence-electron chi connectivity index (χ1n) is 3.62. The lowest BCUT2D eigenvalue weighted by atomic mass is 10.3. The number of rotatable bonds is 4. The molecule has 1 aromatic heterocycles. The summed E-state index contributed by atoms with van der Waals surface area (Å²) in [6, 6.07) is 0. The maximum Gasteiger partial charge on any atom is 0.361 e. The second-order valence-electron chi connectivity index (χ2n) is 2.41. The van der Waals surface area contributed by atoms with Gasteiger partial charge in [-0.1, -0.05) is 6.08 Å². The van der Waals surface area contributed by atoms with Crippen LogP contribution in [0.25, 0.3) is 0 Å². The molecule has 0 aromatic carbocycles. The fourth-order valence-electron chi connectivity index (χ4n) is 0.990. The van der Waals surface area contributed by atoms with E-state index in [-0.39, 0.29) is 6.54 Å². The molecule has 1 rings (SSSR count). The standard InChI is InChI=1S/C7H7N3O4/c1-2-3-9-6(7(11)12)5(4-8-9)10(13)14/h2,4H,1,3H2,(H,11,12). The Bertz CT molecular complexity index is 396. The lowest BCUT2D eigenvalue weighted by Gasteiger charge is -1.97. The van der Waals surface area contributed by atoms with Crippen LogP contribution in [0.5, 0.6) is 0 Å². The van der Waals surface area contributed by atoms with Crippen molar-refractivity contribution >= 4 is 11.7 Å². The van der Waals surface area contributed by atoms with Crippen molar-refractivity contribution in [2.24, 2.45) is 0 Å². The Balaban J connectivity index is 3.26. The first kappa shape index (κ1) is 9.90. The van der Waals surface area contributed by atoms with E-state index in [1.54, 1.807) is 0 Å². The molecule has 0 spiro atoms. The van der Waals surface area contributed by atoms with E-state index in [1.165, 1.54) is 6.08 Å². The summed E-state index contributed by atoms with van der Waals surface area (Å²) in [6.07, 6.45) is 2.32. The second-order valence-corrected chi connectivity index (χ2v) is 2.41. The Morgan fingerprint density at radius 2 is 2.50 bits per heavy atom. The number of allylic oxidation sites excluding steroid dienone is 1. The number of aromatic carboxylic acids is 1. The summed E-state index contributed by atoms with van der Waals surface area (Å²) < 4.78 is 1.01. The molecule has 74 valence electrons. The summed E-state index contributed by atoms with van der Waals surface area (Å²) in [7, 11) is 0. The van der Waals surface area contributed by atoms with E-state index in [9.17, 15) is 14.9 Å². The highest BCUT2D eigenvalue weighted by molar-refractivity contribution is 5.90. The topological polar surface area (TPSA) is 98.3 Å². The number of carboxylic acid groups (broad SMARTS) is 1. The Morgan fingerprint density at radius 3 is 2.93 bits per heavy atom. The molecule has 0 fully saturated rings. The molecular weight excluding hydrogens is 190 g/mol. The van der Waals surface area contributed by atoms with Crippen LogP contribution in [0.4, 0.5) is 5.69 Å². The lowest BCUT2D eigenvalue weighted by Crippen LogP contribution is -2.10. The van der Waals surface area contributed by atoms with E-state index in [0.717, 1.165) is 10.9 Å². The van der Waals surface area contributed by atoms with Crippen molar-refractivity contribution in [3.63, 3.8) is 0 Å². The van der Waals surface area contributed by atoms with Crippen LogP contribution in [-0.4, -0.2) is 25.8 Å². The van der Waals surface area contributed by atoms with Crippen molar-refractivity contribution in [2.45, 2.75) is 6.54 Å². The number of nitrogens with zero attached hydrogens (tertiary/aromatic N) is 3. The molecule has 0 saturated carbocycles. The van der Waals surface area contributed by atoms with Crippen LogP contribution >= 0.6 is 0 Å². The van der Waals surface area contributed by atoms with E-state index in [2.05, 4.69) is 11.7 Å². The van der Waals surface area contributed by atoms with Crippen LogP contribution in [0, 0.1) is 10.1 Å². The normalized spacial score (nSPS) is 9.71. The van der Waals surface area contributed by atoms with Gasteiger partial charge in [0.25, 0.3) is 0 Å². The summed E-state index contributed by atoms with van der Waals surface area (Å²) in [5.74, 6) is -1.38. The third kappa shape index (κ3) is 1.60. The molecule has 0 bridgehead atoms. The van der Waals surface area contributed by atoms with Crippen LogP contribution in [0.3, 0.4) is 0 Å². The van der Waals surface area contributed by atoms with Crippen molar-refractivity contribution in [1.29, 1.82) is 0 Å². The molecule has 7 heteroatoms. The minimum absolute atomic E-state index is 0.121. The summed E-state index contributed by atoms with van der Waals surface area (Å²) in [4.78, 5) is 20.3. The Hall–Kier alpha value is -2.18. The largest absolute Gasteiger partial charge is 0.476 e. The predicted octanol–water partition coefficient (Wildman–Crippen LogP) is 0.675. The third-order valence-electron chi connectivity index (χ3n) is 1.52. The van der Waals surface area contributed by atoms with Crippen molar-refractivity contribution in [3.05, 3.63) is 34.7 Å². The molecule has 14 heavy (non-hydrogen) atoms. The zero-order valence-electron chi connectivity index (χ0n) is 7.08. The number of nitro groups is 1. The van der Waals surface area contributed by atoms with Crippen molar-refractivity contribution < 1.29 is 14.8 Å². The fourth-order valence-corrected chi connectivity index (χ4v) is 0.990. The van der Waals surface area contributed by atoms with Crippen molar-refractivity contribution in [1.82, 2.24) is 9.78 Å². The number of carboxylic acids is 1. The molecule has 7 nitrogen and oxygen atoms in total. The Morgan fingerprint density at radius 1 is 1.86 bits per heavy atom. The van der Waals surface area contributed by atoms with E-state index >= 15 is 0 Å². The van der Waals surface area contributed by atoms with Crippen LogP contribution in [0.1, 0.15) is 10.5 Å². The highest BCUT2D eigenvalue weighted by Crippen LogP contribution is 2.17. The highest BCUT2D eigenvalue weighted by Gasteiger charge is 2.25. The predicted molar refractivity (Wildman–Crippen MR) is 46.0 cm³/mol. The van der Waals surface area contributed by atoms with Gasteiger partial charge in [0.1, 0.15) is 6.20 Å². The van der Waals surface area contributed by atoms with Gasteiger partial charge in [-0.3, -0.25) is 10.1 Å². The van der Waals surface area contributed by atoms with Gasteiger partial charge in [-0.2, -0.15) is 5.10 Å². The van der Waals surface area contributed by atoms with E-state index in [1.807, 2.05) is 0 Å². The third-order valence-corrected chi connectivity index (χ3v) is 1.52. The van der Waals surface area contributed by atoms with Gasteiger partial charge < -0.3 is 5.11 Å². The molecule has 0 aliphatic rings. The van der Waals surface area contributed by atoms with Crippen LogP contribution < -0.4 is 0 Å². The van der Waals surface area contributed by atoms with Gasteiger partial charge in [-0.25, -0.2) is 9.48 Å². The highest BCUT2D eigenvalue weighted by atomic mass is 16.6. The van der Waals surface area contributed by atoms with Gasteiger partial charge in [-0.15, -0.1) is 6.58 Å². The first-order valence-corrected chi connectivity index (χ1v) is 3.62. The summed E-state index contributed by atoms with van der Waals surface area (Å²) in [5.41, 5.74) is -0.950. The maximum atomic E-state index is 10.7. The number of carbonyl (C=O) groups is 1. The summed E-state index contributed by atoms with van der Waals surface area (Å²) in [6.45, 7) is 3.51. The molecule has 0 aliphatic heterocycles. The average molecular weight is 197 g/mol. The van der Waals surface area contributed by atoms with Gasteiger partial charge in [0.15, 0.2) is 0 Å². The van der Waals surface area contributed by atoms with Gasteiger partial charge in [0, 0.05) is 0 Å². The lowest BCUT2D eigenvalue weighted by molar-refractivity contribution is -0.385. The minimum Gasteiger partial charge on any atom is -0.476 e. The van der Waals surface area contributed by atoms with Gasteiger partial charge >= 0.3 is 11.7 Å². The molecule has 1 heterocycles. The van der Waals surface area contributed by atoms with Crippen LogP contribution in [-0.2, 0) is 6.54 Å². The van der Waals surface area contributed by atoms with Crippen LogP contribution in [0.15, 0.2) is 18.9 Å². The molecule has 0 atom stereocenters. The quantitative estimate of drug-likeness (QED) is 0.434. The summed E-state index contributed by atoms with van der Waals surface area (Å²) >= 11 is 0. The van der Waals surface area contributed by atoms with E-state index in [0.29, 0.717) is 0 Å². The molecule has 0 unspecified atom stereocenters. The average Bonchev–Trinajstić information content (AvgIpc) is 2.48. The molecule has 0 saturated heterocycles. The van der Waals surface area contributed by atoms with Crippen molar-refractivity contribution in [2.75, 3.05) is 0 Å². The van der Waals surface area contributed by atoms with E-state index < -0.39 is 22.3 Å². The smallest absolute Gasteiger partial charge is 0.361 e. The molecule has 0 radical (unpaired) electrons. The first-order chi connectivity index (χ1) is 6.57. The van der Waals surface area contributed by atoms with Gasteiger partial charge in [0.05, 0.1) is 11.5 Å². The molecule has 1 N–H and O–H groups in total. The van der Waals surface area contributed by atoms with Crippen molar-refractivity contribution in [3.8, 4) is 0 Å². The number of aromatic nitrogens is 2. The van der Waals surface area contributed by atoms with Crippen LogP contribution in [0.2, 0.25) is 0 Å². The Kier molecular flexibility index (Phi) is 2.61. The zero-order valence-corrected chi connectivity index (χ0v) is 7.08. The zero-order chi connectivity index (χ0) is 10.7. The SMILES string of the molecule is C=CCn1ncc([N+](=O)[O-])c1C(=O)O.